The van der Waals surface area contributed by atoms with E-state index in [1.807, 2.05) is 0 Å². The predicted molar refractivity (Wildman–Crippen MR) is 62.0 cm³/mol. The molecular formula is C9H11N3O4S. The quantitative estimate of drug-likeness (QED) is 0.349. The molecule has 1 N–H and O–H groups in total. The van der Waals surface area contributed by atoms with Gasteiger partial charge < -0.3 is 14.9 Å². The summed E-state index contributed by atoms with van der Waals surface area (Å²) in [6.07, 6.45) is 0.500. The Morgan fingerprint density at radius 2 is 2.47 bits per heavy atom. The van der Waals surface area contributed by atoms with Crippen LogP contribution in [0.15, 0.2) is 10.5 Å². The Kier molecular flexibility index (Phi) is 5.08. The Morgan fingerprint density at radius 3 is 3.06 bits per heavy atom. The number of thiazole rings is 1. The van der Waals surface area contributed by atoms with Crippen LogP contribution in [0.5, 0.6) is 0 Å². The molecule has 1 rings (SSSR count). The van der Waals surface area contributed by atoms with E-state index in [2.05, 4.69) is 20.3 Å². The molecule has 0 bridgehead atoms. The third-order valence-electron chi connectivity index (χ3n) is 1.58. The minimum Gasteiger partial charge on any atom is -0.461 e. The summed E-state index contributed by atoms with van der Waals surface area (Å²) < 4.78 is 4.81. The van der Waals surface area contributed by atoms with Gasteiger partial charge in [-0.3, -0.25) is 4.79 Å². The second-order valence-electron chi connectivity index (χ2n) is 2.64. The third-order valence-corrected chi connectivity index (χ3v) is 2.35. The zero-order valence-corrected chi connectivity index (χ0v) is 10.1. The van der Waals surface area contributed by atoms with Gasteiger partial charge in [0.2, 0.25) is 12.1 Å². The Bertz CT molecular complexity index is 430. The van der Waals surface area contributed by atoms with Crippen LogP contribution in [0.1, 0.15) is 12.6 Å². The maximum atomic E-state index is 11.5. The van der Waals surface area contributed by atoms with Gasteiger partial charge in [0.1, 0.15) is 12.8 Å². The van der Waals surface area contributed by atoms with Crippen molar-refractivity contribution in [3.8, 4) is 0 Å². The summed E-state index contributed by atoms with van der Waals surface area (Å²) >= 11 is 1.17. The maximum absolute atomic E-state index is 11.5. The number of nitrogens with zero attached hydrogens (tertiary/aromatic N) is 2. The highest BCUT2D eigenvalue weighted by Gasteiger charge is 2.19. The highest BCUT2D eigenvalue weighted by Crippen LogP contribution is 2.15. The largest absolute Gasteiger partial charge is 0.461 e. The van der Waals surface area contributed by atoms with Gasteiger partial charge in [-0.2, -0.15) is 0 Å². The number of carbonyl (C=O) groups excluding carboxylic acids is 2. The number of aromatic nitrogens is 1. The molecular weight excluding hydrogens is 246 g/mol. The second kappa shape index (κ2) is 6.59. The number of ether oxygens (including phenoxy) is 1. The van der Waals surface area contributed by atoms with Crippen LogP contribution in [-0.4, -0.2) is 36.8 Å². The van der Waals surface area contributed by atoms with E-state index in [4.69, 9.17) is 4.74 Å². The molecule has 0 saturated carbocycles. The average molecular weight is 257 g/mol. The van der Waals surface area contributed by atoms with Crippen LogP contribution < -0.4 is 5.32 Å². The topological polar surface area (TPSA) is 89.9 Å². The van der Waals surface area contributed by atoms with E-state index in [-0.39, 0.29) is 12.3 Å². The summed E-state index contributed by atoms with van der Waals surface area (Å²) in [7, 11) is 1.32. The van der Waals surface area contributed by atoms with Crippen LogP contribution >= 0.6 is 11.3 Å². The molecule has 1 aromatic rings. The number of hydrogen-bond acceptors (Lipinski definition) is 7. The first kappa shape index (κ1) is 13.1. The average Bonchev–Trinajstić information content (AvgIpc) is 2.75. The minimum atomic E-state index is -0.627. The molecule has 17 heavy (non-hydrogen) atoms. The lowest BCUT2D eigenvalue weighted by Crippen LogP contribution is -2.19. The number of hydrogen-bond donors (Lipinski definition) is 1. The fourth-order valence-corrected chi connectivity index (χ4v) is 1.63. The molecule has 1 heterocycles. The van der Waals surface area contributed by atoms with Crippen molar-refractivity contribution >= 4 is 34.6 Å². The van der Waals surface area contributed by atoms with E-state index >= 15 is 0 Å². The van der Waals surface area contributed by atoms with Crippen LogP contribution in [0, 0.1) is 0 Å². The molecule has 0 aliphatic rings. The molecule has 0 atom stereocenters. The van der Waals surface area contributed by atoms with Crippen LogP contribution in [-0.2, 0) is 19.2 Å². The van der Waals surface area contributed by atoms with E-state index in [9.17, 15) is 9.59 Å². The number of rotatable bonds is 6. The van der Waals surface area contributed by atoms with Crippen molar-refractivity contribution in [2.45, 2.75) is 6.92 Å². The van der Waals surface area contributed by atoms with Crippen molar-refractivity contribution in [1.82, 2.24) is 4.98 Å². The van der Waals surface area contributed by atoms with Crippen molar-refractivity contribution < 1.29 is 19.2 Å². The number of carbonyl (C=O) groups is 2. The first-order chi connectivity index (χ1) is 8.22. The molecule has 8 heteroatoms. The first-order valence-corrected chi connectivity index (χ1v) is 5.55. The Hall–Kier alpha value is -1.96. The molecule has 0 saturated heterocycles. The lowest BCUT2D eigenvalue weighted by molar-refractivity contribution is -0.135. The van der Waals surface area contributed by atoms with Crippen LogP contribution in [0.25, 0.3) is 0 Å². The number of anilines is 1. The van der Waals surface area contributed by atoms with E-state index in [0.29, 0.717) is 17.2 Å². The third kappa shape index (κ3) is 3.52. The van der Waals surface area contributed by atoms with Gasteiger partial charge >= 0.3 is 5.97 Å². The van der Waals surface area contributed by atoms with Crippen molar-refractivity contribution in [3.05, 3.63) is 11.1 Å². The van der Waals surface area contributed by atoms with Gasteiger partial charge in [0.15, 0.2) is 5.13 Å². The predicted octanol–water partition coefficient (Wildman–Crippen LogP) is 0.625. The number of amides is 1. The number of esters is 1. The second-order valence-corrected chi connectivity index (χ2v) is 3.50. The summed E-state index contributed by atoms with van der Waals surface area (Å²) in [6, 6.07) is 0. The molecule has 0 aliphatic carbocycles. The molecule has 0 radical (unpaired) electrons. The maximum Gasteiger partial charge on any atom is 0.362 e. The lowest BCUT2D eigenvalue weighted by Gasteiger charge is -2.01. The zero-order valence-electron chi connectivity index (χ0n) is 9.30. The molecule has 0 spiro atoms. The highest BCUT2D eigenvalue weighted by atomic mass is 32.1. The van der Waals surface area contributed by atoms with E-state index in [1.165, 1.54) is 18.4 Å². The van der Waals surface area contributed by atoms with E-state index in [0.717, 1.165) is 0 Å². The zero-order chi connectivity index (χ0) is 12.7. The lowest BCUT2D eigenvalue weighted by atomic mass is 10.3. The SMILES string of the molecule is CCOC(=O)/C(=N/OC)c1csc(NC=O)n1. The Balaban J connectivity index is 2.93. The van der Waals surface area contributed by atoms with Gasteiger partial charge in [0.05, 0.1) is 6.61 Å². The minimum absolute atomic E-state index is 0.0375. The van der Waals surface area contributed by atoms with Gasteiger partial charge in [0, 0.05) is 5.38 Å². The van der Waals surface area contributed by atoms with E-state index < -0.39 is 5.97 Å². The Morgan fingerprint density at radius 1 is 1.71 bits per heavy atom. The molecule has 0 aliphatic heterocycles. The van der Waals surface area contributed by atoms with Crippen LogP contribution in [0.3, 0.4) is 0 Å². The van der Waals surface area contributed by atoms with Crippen molar-refractivity contribution in [2.24, 2.45) is 5.16 Å². The number of oxime groups is 1. The molecule has 0 fully saturated rings. The molecule has 1 aromatic heterocycles. The summed E-state index contributed by atoms with van der Waals surface area (Å²) in [4.78, 5) is 30.3. The fraction of sp³-hybridized carbons (Fsp3) is 0.333. The molecule has 7 nitrogen and oxygen atoms in total. The molecule has 1 amide bonds. The van der Waals surface area contributed by atoms with Crippen LogP contribution in [0.4, 0.5) is 5.13 Å². The fourth-order valence-electron chi connectivity index (χ4n) is 0.979. The Labute approximate surface area is 101 Å². The summed E-state index contributed by atoms with van der Waals surface area (Å²) in [5.74, 6) is -0.627. The van der Waals surface area contributed by atoms with Gasteiger partial charge in [-0.1, -0.05) is 5.16 Å². The normalized spacial score (nSPS) is 10.8. The standard InChI is InChI=1S/C9H11N3O4S/c1-3-16-8(14)7(12-15-2)6-4-17-9(11-6)10-5-13/h4-5H,3H2,1-2H3,(H,10,11,13)/b12-7+. The molecule has 0 unspecified atom stereocenters. The highest BCUT2D eigenvalue weighted by molar-refractivity contribution is 7.14. The molecule has 92 valence electrons. The van der Waals surface area contributed by atoms with E-state index in [1.54, 1.807) is 12.3 Å². The summed E-state index contributed by atoms with van der Waals surface area (Å²) in [5.41, 5.74) is 0.254. The monoisotopic (exact) mass is 257 g/mol. The van der Waals surface area contributed by atoms with Gasteiger partial charge in [-0.25, -0.2) is 9.78 Å². The summed E-state index contributed by atoms with van der Waals surface area (Å²) in [5, 5.41) is 7.87. The van der Waals surface area contributed by atoms with Crippen molar-refractivity contribution in [3.63, 3.8) is 0 Å². The number of nitrogens with one attached hydrogen (secondary N) is 1. The first-order valence-electron chi connectivity index (χ1n) is 4.67. The van der Waals surface area contributed by atoms with Gasteiger partial charge in [-0.15, -0.1) is 11.3 Å². The summed E-state index contributed by atoms with van der Waals surface area (Å²) in [6.45, 7) is 1.91. The van der Waals surface area contributed by atoms with Gasteiger partial charge in [0.25, 0.3) is 0 Å². The van der Waals surface area contributed by atoms with Crippen molar-refractivity contribution in [2.75, 3.05) is 19.0 Å². The molecule has 0 aromatic carbocycles. The van der Waals surface area contributed by atoms with Crippen molar-refractivity contribution in [1.29, 1.82) is 0 Å². The smallest absolute Gasteiger partial charge is 0.362 e. The van der Waals surface area contributed by atoms with Crippen LogP contribution in [0.2, 0.25) is 0 Å². The van der Waals surface area contributed by atoms with Gasteiger partial charge in [-0.05, 0) is 6.92 Å².